The van der Waals surface area contributed by atoms with E-state index in [1.54, 1.807) is 25.8 Å². The van der Waals surface area contributed by atoms with Crippen LogP contribution in [-0.2, 0) is 11.3 Å². The van der Waals surface area contributed by atoms with Crippen LogP contribution in [0.5, 0.6) is 0 Å². The summed E-state index contributed by atoms with van der Waals surface area (Å²) in [5.74, 6) is -0.440. The molecule has 0 aromatic carbocycles. The lowest BCUT2D eigenvalue weighted by Crippen LogP contribution is -2.41. The molecule has 0 unspecified atom stereocenters. The number of carbonyl (C=O) groups excluding carboxylic acids is 2. The number of nitrogens with one attached hydrogen (secondary N) is 1. The summed E-state index contributed by atoms with van der Waals surface area (Å²) in [4.78, 5) is 39.0. The Morgan fingerprint density at radius 1 is 1.30 bits per heavy atom. The Bertz CT molecular complexity index is 741. The van der Waals surface area contributed by atoms with Crippen LogP contribution in [0.1, 0.15) is 49.3 Å². The van der Waals surface area contributed by atoms with Crippen LogP contribution < -0.4 is 16.6 Å². The van der Waals surface area contributed by atoms with Crippen LogP contribution in [0.4, 0.5) is 0 Å². The van der Waals surface area contributed by atoms with E-state index in [0.717, 1.165) is 0 Å². The molecule has 0 spiro atoms. The van der Waals surface area contributed by atoms with E-state index in [-0.39, 0.29) is 47.8 Å². The smallest absolute Gasteiger partial charge is 0.255 e. The topological polar surface area (TPSA) is 97.4 Å². The molecule has 1 rings (SSSR count). The van der Waals surface area contributed by atoms with Gasteiger partial charge in [0.05, 0.1) is 5.56 Å². The van der Waals surface area contributed by atoms with Crippen molar-refractivity contribution in [3.63, 3.8) is 0 Å². The quantitative estimate of drug-likeness (QED) is 0.724. The summed E-state index contributed by atoms with van der Waals surface area (Å²) in [6, 6.07) is 1.39. The van der Waals surface area contributed by atoms with Gasteiger partial charge in [0.2, 0.25) is 5.91 Å². The lowest BCUT2D eigenvalue weighted by Gasteiger charge is -2.30. The van der Waals surface area contributed by atoms with Crippen LogP contribution in [0.25, 0.3) is 0 Å². The van der Waals surface area contributed by atoms with Gasteiger partial charge in [-0.25, -0.2) is 0 Å². The van der Waals surface area contributed by atoms with Crippen LogP contribution in [0, 0.1) is 19.3 Å². The van der Waals surface area contributed by atoms with Crippen molar-refractivity contribution in [2.24, 2.45) is 11.1 Å². The van der Waals surface area contributed by atoms with E-state index in [2.05, 4.69) is 5.32 Å². The second-order valence-corrected chi connectivity index (χ2v) is 7.96. The highest BCUT2D eigenvalue weighted by molar-refractivity contribution is 5.96. The number of aromatic nitrogens is 1. The van der Waals surface area contributed by atoms with E-state index in [4.69, 9.17) is 5.73 Å². The molecule has 0 radical (unpaired) electrons. The molecule has 2 amide bonds. The van der Waals surface area contributed by atoms with Gasteiger partial charge >= 0.3 is 0 Å². The maximum Gasteiger partial charge on any atom is 0.255 e. The molecular weight excluding hydrogens is 368 g/mol. The fraction of sp³-hybridized carbons (Fsp3) is 0.632. The molecule has 7 nitrogen and oxygen atoms in total. The van der Waals surface area contributed by atoms with Crippen molar-refractivity contribution in [1.29, 1.82) is 0 Å². The van der Waals surface area contributed by atoms with Crippen LogP contribution in [0.2, 0.25) is 0 Å². The van der Waals surface area contributed by atoms with E-state index in [9.17, 15) is 14.4 Å². The van der Waals surface area contributed by atoms with Gasteiger partial charge in [0.1, 0.15) is 6.54 Å². The van der Waals surface area contributed by atoms with Gasteiger partial charge in [0.25, 0.3) is 11.5 Å². The van der Waals surface area contributed by atoms with Gasteiger partial charge < -0.3 is 20.5 Å². The van der Waals surface area contributed by atoms with Crippen molar-refractivity contribution in [3.8, 4) is 0 Å². The van der Waals surface area contributed by atoms with Crippen LogP contribution >= 0.6 is 12.4 Å². The molecule has 3 N–H and O–H groups in total. The summed E-state index contributed by atoms with van der Waals surface area (Å²) < 4.78 is 1.35. The average Bonchev–Trinajstić information content (AvgIpc) is 2.50. The summed E-state index contributed by atoms with van der Waals surface area (Å²) in [5.41, 5.74) is 6.82. The first-order valence-electron chi connectivity index (χ1n) is 8.85. The first-order valence-corrected chi connectivity index (χ1v) is 8.85. The fourth-order valence-electron chi connectivity index (χ4n) is 2.92. The summed E-state index contributed by atoms with van der Waals surface area (Å²) in [6.45, 7) is 12.0. The largest absolute Gasteiger partial charge is 0.352 e. The molecule has 154 valence electrons. The minimum absolute atomic E-state index is 0. The minimum atomic E-state index is -0.291. The molecule has 1 aromatic rings. The number of rotatable bonds is 7. The monoisotopic (exact) mass is 400 g/mol. The number of hydrogen-bond acceptors (Lipinski definition) is 4. The maximum atomic E-state index is 13.0. The number of nitrogens with two attached hydrogens (primary N) is 1. The van der Waals surface area contributed by atoms with Gasteiger partial charge in [-0.1, -0.05) is 13.8 Å². The van der Waals surface area contributed by atoms with Gasteiger partial charge in [0, 0.05) is 31.4 Å². The highest BCUT2D eigenvalue weighted by Crippen LogP contribution is 2.18. The third-order valence-electron chi connectivity index (χ3n) is 4.30. The average molecular weight is 401 g/mol. The number of amides is 2. The molecule has 0 atom stereocenters. The van der Waals surface area contributed by atoms with Gasteiger partial charge in [-0.2, -0.15) is 0 Å². The van der Waals surface area contributed by atoms with Crippen molar-refractivity contribution < 1.29 is 9.59 Å². The highest BCUT2D eigenvalue weighted by atomic mass is 35.5. The number of halogens is 1. The molecular formula is C19H33ClN4O3. The number of nitrogens with zero attached hydrogens (tertiary/aromatic N) is 2. The summed E-state index contributed by atoms with van der Waals surface area (Å²) in [6.07, 6.45) is 0. The predicted octanol–water partition coefficient (Wildman–Crippen LogP) is 1.47. The van der Waals surface area contributed by atoms with Crippen LogP contribution in [-0.4, -0.2) is 47.5 Å². The normalized spacial score (nSPS) is 11.1. The first kappa shape index (κ1) is 25.1. The van der Waals surface area contributed by atoms with Crippen molar-refractivity contribution in [2.45, 2.75) is 54.1 Å². The molecule has 0 bridgehead atoms. The minimum Gasteiger partial charge on any atom is -0.352 e. The third kappa shape index (κ3) is 6.66. The SMILES string of the molecule is Cc1cc(=O)n(CC(=O)NC(C)C)c(C)c1C(=O)N(C)CC(C)(C)CN.Cl. The molecule has 0 fully saturated rings. The number of hydrogen-bond donors (Lipinski definition) is 2. The Balaban J connectivity index is 0.00000676. The summed E-state index contributed by atoms with van der Waals surface area (Å²) >= 11 is 0. The molecule has 1 heterocycles. The zero-order chi connectivity index (χ0) is 20.2. The molecule has 0 aliphatic carbocycles. The van der Waals surface area contributed by atoms with E-state index in [1.807, 2.05) is 27.7 Å². The van der Waals surface area contributed by atoms with Crippen molar-refractivity contribution >= 4 is 24.2 Å². The van der Waals surface area contributed by atoms with Crippen molar-refractivity contribution in [3.05, 3.63) is 33.2 Å². The Kier molecular flexibility index (Phi) is 9.21. The Labute approximate surface area is 167 Å². The molecule has 0 saturated heterocycles. The molecule has 1 aromatic heterocycles. The zero-order valence-corrected chi connectivity index (χ0v) is 18.2. The summed E-state index contributed by atoms with van der Waals surface area (Å²) in [5, 5.41) is 2.76. The van der Waals surface area contributed by atoms with Gasteiger partial charge in [-0.3, -0.25) is 14.4 Å². The lowest BCUT2D eigenvalue weighted by atomic mass is 9.93. The second-order valence-electron chi connectivity index (χ2n) is 7.96. The molecule has 0 aliphatic rings. The van der Waals surface area contributed by atoms with Crippen LogP contribution in [0.15, 0.2) is 10.9 Å². The van der Waals surface area contributed by atoms with Gasteiger partial charge in [-0.05, 0) is 45.2 Å². The van der Waals surface area contributed by atoms with E-state index < -0.39 is 0 Å². The van der Waals surface area contributed by atoms with E-state index in [0.29, 0.717) is 29.9 Å². The number of aryl methyl sites for hydroxylation is 1. The Morgan fingerprint density at radius 3 is 2.33 bits per heavy atom. The third-order valence-corrected chi connectivity index (χ3v) is 4.30. The van der Waals surface area contributed by atoms with Crippen molar-refractivity contribution in [2.75, 3.05) is 20.1 Å². The van der Waals surface area contributed by atoms with Crippen LogP contribution in [0.3, 0.4) is 0 Å². The second kappa shape index (κ2) is 9.90. The molecule has 0 saturated carbocycles. The van der Waals surface area contributed by atoms with Gasteiger partial charge in [0.15, 0.2) is 0 Å². The van der Waals surface area contributed by atoms with Crippen molar-refractivity contribution in [1.82, 2.24) is 14.8 Å². The lowest BCUT2D eigenvalue weighted by molar-refractivity contribution is -0.122. The maximum absolute atomic E-state index is 13.0. The van der Waals surface area contributed by atoms with E-state index in [1.165, 1.54) is 10.6 Å². The fourth-order valence-corrected chi connectivity index (χ4v) is 2.92. The first-order chi connectivity index (χ1) is 11.9. The Hall–Kier alpha value is -1.86. The molecule has 8 heteroatoms. The molecule has 0 aliphatic heterocycles. The van der Waals surface area contributed by atoms with E-state index >= 15 is 0 Å². The predicted molar refractivity (Wildman–Crippen MR) is 110 cm³/mol. The standard InChI is InChI=1S/C19H32N4O3.ClH/c1-12(2)21-15(24)9-23-14(4)17(13(3)8-16(23)25)18(26)22(7)11-19(5,6)10-20;/h8,12H,9-11,20H2,1-7H3,(H,21,24);1H. The summed E-state index contributed by atoms with van der Waals surface area (Å²) in [7, 11) is 1.72. The van der Waals surface area contributed by atoms with Gasteiger partial charge in [-0.15, -0.1) is 12.4 Å². The molecule has 27 heavy (non-hydrogen) atoms. The number of carbonyl (C=O) groups is 2. The number of pyridine rings is 1. The zero-order valence-electron chi connectivity index (χ0n) is 17.4. The Morgan fingerprint density at radius 2 is 1.85 bits per heavy atom. The highest BCUT2D eigenvalue weighted by Gasteiger charge is 2.25.